The Kier molecular flexibility index (Phi) is 9.03. The quantitative estimate of drug-likeness (QED) is 0.597. The molecule has 0 aromatic rings. The Bertz CT molecular complexity index is 212. The molecule has 2 N–H and O–H groups in total. The highest BCUT2D eigenvalue weighted by Gasteiger charge is 2.22. The van der Waals surface area contributed by atoms with Crippen LogP contribution in [0.15, 0.2) is 0 Å². The molecule has 0 bridgehead atoms. The van der Waals surface area contributed by atoms with Gasteiger partial charge in [0.1, 0.15) is 6.04 Å². The molecule has 0 spiro atoms. The summed E-state index contributed by atoms with van der Waals surface area (Å²) in [7, 11) is 1.66. The van der Waals surface area contributed by atoms with Crippen molar-refractivity contribution in [2.45, 2.75) is 39.3 Å². The lowest BCUT2D eigenvalue weighted by Gasteiger charge is -2.30. The molecule has 0 aromatic heterocycles. The van der Waals surface area contributed by atoms with Gasteiger partial charge in [0, 0.05) is 26.2 Å². The van der Waals surface area contributed by atoms with Crippen LogP contribution in [0.4, 0.5) is 0 Å². The van der Waals surface area contributed by atoms with E-state index in [4.69, 9.17) is 9.84 Å². The summed E-state index contributed by atoms with van der Waals surface area (Å²) in [5.41, 5.74) is 0. The van der Waals surface area contributed by atoms with E-state index in [2.05, 4.69) is 24.1 Å². The molecule has 102 valence electrons. The number of methoxy groups -OCH3 is 1. The Morgan fingerprint density at radius 1 is 1.47 bits per heavy atom. The lowest BCUT2D eigenvalue weighted by atomic mass is 10.2. The minimum atomic E-state index is -0.794. The Morgan fingerprint density at radius 3 is 2.53 bits per heavy atom. The van der Waals surface area contributed by atoms with Crippen molar-refractivity contribution >= 4 is 5.97 Å². The van der Waals surface area contributed by atoms with Gasteiger partial charge in [0.15, 0.2) is 0 Å². The van der Waals surface area contributed by atoms with Crippen LogP contribution in [0, 0.1) is 0 Å². The Labute approximate surface area is 104 Å². The van der Waals surface area contributed by atoms with Crippen molar-refractivity contribution in [2.24, 2.45) is 0 Å². The summed E-state index contributed by atoms with van der Waals surface area (Å²) in [6.07, 6.45) is 1.00. The fourth-order valence-electron chi connectivity index (χ4n) is 1.67. The maximum atomic E-state index is 11.1. The van der Waals surface area contributed by atoms with E-state index >= 15 is 0 Å². The third-order valence-electron chi connectivity index (χ3n) is 2.96. The number of likely N-dealkylation sites (N-methyl/N-ethyl adjacent to an activating group) is 1. The number of nitrogens with one attached hydrogen (secondary N) is 1. The molecule has 0 saturated carbocycles. The average Bonchev–Trinajstić information content (AvgIpc) is 2.31. The molecule has 2 atom stereocenters. The predicted octanol–water partition coefficient (Wildman–Crippen LogP) is 0.796. The van der Waals surface area contributed by atoms with Crippen LogP contribution in [0.25, 0.3) is 0 Å². The van der Waals surface area contributed by atoms with Crippen molar-refractivity contribution in [2.75, 3.05) is 33.4 Å². The van der Waals surface area contributed by atoms with E-state index < -0.39 is 12.0 Å². The van der Waals surface area contributed by atoms with E-state index in [1.54, 1.807) is 7.11 Å². The number of nitrogens with zero attached hydrogens (tertiary/aromatic N) is 1. The highest BCUT2D eigenvalue weighted by molar-refractivity contribution is 5.73. The smallest absolute Gasteiger partial charge is 0.322 e. The lowest BCUT2D eigenvalue weighted by molar-refractivity contribution is -0.140. The summed E-state index contributed by atoms with van der Waals surface area (Å²) in [6, 6.07) is -0.142. The van der Waals surface area contributed by atoms with Crippen molar-refractivity contribution in [3.05, 3.63) is 0 Å². The number of carbonyl (C=O) groups is 1. The molecule has 0 fully saturated rings. The molecule has 17 heavy (non-hydrogen) atoms. The SMILES string of the molecule is CCNC(CN(CCOC)C(C)CC)C(=O)O. The molecular weight excluding hydrogens is 220 g/mol. The zero-order chi connectivity index (χ0) is 13.3. The predicted molar refractivity (Wildman–Crippen MR) is 68.3 cm³/mol. The topological polar surface area (TPSA) is 61.8 Å². The van der Waals surface area contributed by atoms with E-state index in [-0.39, 0.29) is 0 Å². The summed E-state index contributed by atoms with van der Waals surface area (Å²) in [5.74, 6) is -0.794. The second kappa shape index (κ2) is 9.39. The van der Waals surface area contributed by atoms with Gasteiger partial charge in [0.25, 0.3) is 0 Å². The first-order chi connectivity index (χ1) is 8.06. The summed E-state index contributed by atoms with van der Waals surface area (Å²) in [5, 5.41) is 12.1. The van der Waals surface area contributed by atoms with Crippen molar-refractivity contribution in [1.82, 2.24) is 10.2 Å². The molecular formula is C12H26N2O3. The van der Waals surface area contributed by atoms with E-state index in [1.165, 1.54) is 0 Å². The molecule has 2 unspecified atom stereocenters. The summed E-state index contributed by atoms with van der Waals surface area (Å²) in [6.45, 7) is 8.70. The summed E-state index contributed by atoms with van der Waals surface area (Å²) >= 11 is 0. The van der Waals surface area contributed by atoms with Crippen LogP contribution in [0.3, 0.4) is 0 Å². The van der Waals surface area contributed by atoms with Crippen molar-refractivity contribution in [3.8, 4) is 0 Å². The Morgan fingerprint density at radius 2 is 2.12 bits per heavy atom. The normalized spacial score (nSPS) is 14.9. The molecule has 0 amide bonds. The van der Waals surface area contributed by atoms with Gasteiger partial charge in [-0.2, -0.15) is 0 Å². The Balaban J connectivity index is 4.40. The lowest BCUT2D eigenvalue weighted by Crippen LogP contribution is -2.49. The van der Waals surface area contributed by atoms with Gasteiger partial charge < -0.3 is 15.2 Å². The van der Waals surface area contributed by atoms with Gasteiger partial charge in [-0.25, -0.2) is 0 Å². The maximum absolute atomic E-state index is 11.1. The maximum Gasteiger partial charge on any atom is 0.322 e. The fraction of sp³-hybridized carbons (Fsp3) is 0.917. The van der Waals surface area contributed by atoms with Crippen molar-refractivity contribution < 1.29 is 14.6 Å². The van der Waals surface area contributed by atoms with Gasteiger partial charge in [-0.15, -0.1) is 0 Å². The van der Waals surface area contributed by atoms with Gasteiger partial charge in [0.2, 0.25) is 0 Å². The second-order valence-corrected chi connectivity index (χ2v) is 4.19. The fourth-order valence-corrected chi connectivity index (χ4v) is 1.67. The minimum absolute atomic E-state index is 0.366. The molecule has 0 aliphatic carbocycles. The van der Waals surface area contributed by atoms with Gasteiger partial charge in [-0.1, -0.05) is 13.8 Å². The first kappa shape index (κ1) is 16.4. The largest absolute Gasteiger partial charge is 0.480 e. The van der Waals surface area contributed by atoms with Crippen molar-refractivity contribution in [3.63, 3.8) is 0 Å². The second-order valence-electron chi connectivity index (χ2n) is 4.19. The molecule has 0 aromatic carbocycles. The number of ether oxygens (including phenoxy) is 1. The summed E-state index contributed by atoms with van der Waals surface area (Å²) in [4.78, 5) is 13.2. The molecule has 0 rings (SSSR count). The van der Waals surface area contributed by atoms with Crippen LogP contribution in [0.2, 0.25) is 0 Å². The van der Waals surface area contributed by atoms with Crippen LogP contribution >= 0.6 is 0 Å². The van der Waals surface area contributed by atoms with Crippen LogP contribution in [0.1, 0.15) is 27.2 Å². The number of rotatable bonds is 10. The zero-order valence-corrected chi connectivity index (χ0v) is 11.4. The van der Waals surface area contributed by atoms with Crippen LogP contribution in [-0.2, 0) is 9.53 Å². The number of aliphatic carboxylic acids is 1. The van der Waals surface area contributed by atoms with Crippen LogP contribution < -0.4 is 5.32 Å². The number of hydrogen-bond acceptors (Lipinski definition) is 4. The third kappa shape index (κ3) is 6.61. The van der Waals surface area contributed by atoms with E-state index in [0.717, 1.165) is 13.0 Å². The molecule has 0 saturated heterocycles. The van der Waals surface area contributed by atoms with Crippen LogP contribution in [0.5, 0.6) is 0 Å². The van der Waals surface area contributed by atoms with Gasteiger partial charge in [-0.05, 0) is 19.9 Å². The zero-order valence-electron chi connectivity index (χ0n) is 11.4. The third-order valence-corrected chi connectivity index (χ3v) is 2.96. The summed E-state index contributed by atoms with van der Waals surface area (Å²) < 4.78 is 5.06. The number of carboxylic acids is 1. The molecule has 5 heteroatoms. The molecule has 0 radical (unpaired) electrons. The Hall–Kier alpha value is -0.650. The van der Waals surface area contributed by atoms with Crippen molar-refractivity contribution in [1.29, 1.82) is 0 Å². The van der Waals surface area contributed by atoms with E-state index in [9.17, 15) is 4.79 Å². The monoisotopic (exact) mass is 246 g/mol. The highest BCUT2D eigenvalue weighted by atomic mass is 16.5. The average molecular weight is 246 g/mol. The molecule has 5 nitrogen and oxygen atoms in total. The molecule has 0 aliphatic rings. The highest BCUT2D eigenvalue weighted by Crippen LogP contribution is 2.04. The van der Waals surface area contributed by atoms with E-state index in [0.29, 0.717) is 25.7 Å². The standard InChI is InChI=1S/C12H26N2O3/c1-5-10(3)14(7-8-17-4)9-11(12(15)16)13-6-2/h10-11,13H,5-9H2,1-4H3,(H,15,16). The molecule has 0 heterocycles. The minimum Gasteiger partial charge on any atom is -0.480 e. The first-order valence-electron chi connectivity index (χ1n) is 6.25. The van der Waals surface area contributed by atoms with E-state index in [1.807, 2.05) is 6.92 Å². The van der Waals surface area contributed by atoms with Crippen LogP contribution in [-0.4, -0.2) is 61.4 Å². The number of hydrogen-bond donors (Lipinski definition) is 2. The molecule has 0 aliphatic heterocycles. The number of carboxylic acid groups (broad SMARTS) is 1. The van der Waals surface area contributed by atoms with Gasteiger partial charge >= 0.3 is 5.97 Å². The van der Waals surface area contributed by atoms with Gasteiger partial charge in [-0.3, -0.25) is 9.69 Å². The first-order valence-corrected chi connectivity index (χ1v) is 6.25. The van der Waals surface area contributed by atoms with Gasteiger partial charge in [0.05, 0.1) is 6.61 Å².